The summed E-state index contributed by atoms with van der Waals surface area (Å²) in [6.45, 7) is 6.77. The van der Waals surface area contributed by atoms with Crippen LogP contribution in [0.4, 0.5) is 0 Å². The van der Waals surface area contributed by atoms with Gasteiger partial charge in [-0.1, -0.05) is 29.5 Å². The molecule has 4 rings (SSSR count). The number of nitrogens with zero attached hydrogens (tertiary/aromatic N) is 4. The molecule has 0 atom stereocenters. The van der Waals surface area contributed by atoms with E-state index in [0.29, 0.717) is 18.3 Å². The summed E-state index contributed by atoms with van der Waals surface area (Å²) < 4.78 is 6.87. The summed E-state index contributed by atoms with van der Waals surface area (Å²) in [6.07, 6.45) is 0.948. The number of carboxylic acid groups (broad SMARTS) is 1. The van der Waals surface area contributed by atoms with Crippen LogP contribution in [-0.2, 0) is 19.5 Å². The summed E-state index contributed by atoms with van der Waals surface area (Å²) in [6, 6.07) is 14.3. The predicted octanol–water partition coefficient (Wildman–Crippen LogP) is 3.47. The maximum absolute atomic E-state index is 11.8. The molecule has 30 heavy (non-hydrogen) atoms. The van der Waals surface area contributed by atoms with Crippen LogP contribution in [0.3, 0.4) is 0 Å². The lowest BCUT2D eigenvalue weighted by atomic mass is 9.95. The quantitative estimate of drug-likeness (QED) is 0.675. The summed E-state index contributed by atoms with van der Waals surface area (Å²) in [7, 11) is 1.63. The molecular formula is C23H26N4O3. The van der Waals surface area contributed by atoms with Gasteiger partial charge in [0.15, 0.2) is 5.69 Å². The first kappa shape index (κ1) is 20.1. The van der Waals surface area contributed by atoms with E-state index < -0.39 is 5.97 Å². The summed E-state index contributed by atoms with van der Waals surface area (Å²) in [5, 5.41) is 17.8. The van der Waals surface area contributed by atoms with Crippen LogP contribution in [0.1, 0.15) is 41.0 Å². The standard InChI is InChI=1S/C23H26N4O3/c1-15(2)26-11-10-17-12-18(6-7-19(17)14-26)22-21(23(28)29)24-25-27(22)13-16-4-8-20(30-3)9-5-16/h4-9,12,15H,10-11,13-14H2,1-3H3,(H,28,29). The first-order chi connectivity index (χ1) is 14.5. The molecule has 2 heterocycles. The van der Waals surface area contributed by atoms with Gasteiger partial charge in [-0.15, -0.1) is 5.10 Å². The third-order valence-corrected chi connectivity index (χ3v) is 5.68. The van der Waals surface area contributed by atoms with E-state index in [-0.39, 0.29) is 5.69 Å². The number of rotatable bonds is 6. The number of carboxylic acids is 1. The zero-order valence-electron chi connectivity index (χ0n) is 17.5. The van der Waals surface area contributed by atoms with Gasteiger partial charge in [0, 0.05) is 24.7 Å². The molecular weight excluding hydrogens is 380 g/mol. The topological polar surface area (TPSA) is 80.5 Å². The Hall–Kier alpha value is -3.19. The number of hydrogen-bond acceptors (Lipinski definition) is 5. The van der Waals surface area contributed by atoms with E-state index in [4.69, 9.17) is 4.74 Å². The average molecular weight is 406 g/mol. The van der Waals surface area contributed by atoms with Crippen LogP contribution in [0.2, 0.25) is 0 Å². The molecule has 3 aromatic rings. The van der Waals surface area contributed by atoms with Crippen LogP contribution in [0.5, 0.6) is 5.75 Å². The molecule has 0 radical (unpaired) electrons. The molecule has 0 fully saturated rings. The molecule has 0 unspecified atom stereocenters. The Morgan fingerprint density at radius 2 is 1.93 bits per heavy atom. The Morgan fingerprint density at radius 3 is 2.60 bits per heavy atom. The second-order valence-corrected chi connectivity index (χ2v) is 7.90. The third kappa shape index (κ3) is 3.93. The number of aromatic carboxylic acids is 1. The van der Waals surface area contributed by atoms with E-state index in [9.17, 15) is 9.90 Å². The molecule has 156 valence electrons. The van der Waals surface area contributed by atoms with E-state index in [0.717, 1.165) is 36.4 Å². The van der Waals surface area contributed by atoms with Crippen molar-refractivity contribution in [3.8, 4) is 17.0 Å². The summed E-state index contributed by atoms with van der Waals surface area (Å²) in [5.74, 6) is -0.302. The molecule has 0 amide bonds. The second kappa shape index (κ2) is 8.28. The maximum atomic E-state index is 11.8. The van der Waals surface area contributed by atoms with Gasteiger partial charge in [0.25, 0.3) is 0 Å². The first-order valence-electron chi connectivity index (χ1n) is 10.1. The van der Waals surface area contributed by atoms with Crippen molar-refractivity contribution in [2.75, 3.05) is 13.7 Å². The molecule has 1 aliphatic heterocycles. The molecule has 1 N–H and O–H groups in total. The highest BCUT2D eigenvalue weighted by Crippen LogP contribution is 2.29. The van der Waals surface area contributed by atoms with Crippen LogP contribution in [-0.4, -0.2) is 50.7 Å². The van der Waals surface area contributed by atoms with Crippen molar-refractivity contribution in [2.24, 2.45) is 0 Å². The summed E-state index contributed by atoms with van der Waals surface area (Å²) >= 11 is 0. The van der Waals surface area contributed by atoms with E-state index in [2.05, 4.69) is 41.2 Å². The maximum Gasteiger partial charge on any atom is 0.358 e. The monoisotopic (exact) mass is 406 g/mol. The van der Waals surface area contributed by atoms with Gasteiger partial charge in [-0.25, -0.2) is 9.48 Å². The molecule has 7 heteroatoms. The van der Waals surface area contributed by atoms with Gasteiger partial charge in [0.05, 0.1) is 13.7 Å². The van der Waals surface area contributed by atoms with E-state index in [1.165, 1.54) is 11.1 Å². The van der Waals surface area contributed by atoms with Crippen molar-refractivity contribution >= 4 is 5.97 Å². The minimum absolute atomic E-state index is 0.0249. The molecule has 0 saturated carbocycles. The highest BCUT2D eigenvalue weighted by atomic mass is 16.5. The third-order valence-electron chi connectivity index (χ3n) is 5.68. The molecule has 0 aliphatic carbocycles. The molecule has 1 aliphatic rings. The molecule has 0 bridgehead atoms. The molecule has 1 aromatic heterocycles. The Balaban J connectivity index is 1.69. The fourth-order valence-electron chi connectivity index (χ4n) is 3.92. The predicted molar refractivity (Wildman–Crippen MR) is 114 cm³/mol. The number of hydrogen-bond donors (Lipinski definition) is 1. The van der Waals surface area contributed by atoms with Crippen LogP contribution >= 0.6 is 0 Å². The minimum atomic E-state index is -1.07. The molecule has 2 aromatic carbocycles. The molecule has 7 nitrogen and oxygen atoms in total. The van der Waals surface area contributed by atoms with Crippen LogP contribution in [0.25, 0.3) is 11.3 Å². The number of fused-ring (bicyclic) bond motifs is 1. The highest BCUT2D eigenvalue weighted by molar-refractivity contribution is 5.92. The summed E-state index contributed by atoms with van der Waals surface area (Å²) in [5.41, 5.74) is 4.89. The Kier molecular flexibility index (Phi) is 5.55. The van der Waals surface area contributed by atoms with Crippen molar-refractivity contribution < 1.29 is 14.6 Å². The SMILES string of the molecule is COc1ccc(Cn2nnc(C(=O)O)c2-c2ccc3c(c2)CCN(C(C)C)C3)cc1. The van der Waals surface area contributed by atoms with Gasteiger partial charge in [-0.3, -0.25) is 4.90 Å². The van der Waals surface area contributed by atoms with Gasteiger partial charge in [0.2, 0.25) is 0 Å². The van der Waals surface area contributed by atoms with Gasteiger partial charge in [0.1, 0.15) is 11.4 Å². The smallest absolute Gasteiger partial charge is 0.358 e. The fraction of sp³-hybridized carbons (Fsp3) is 0.348. The van der Waals surface area contributed by atoms with E-state index in [1.54, 1.807) is 11.8 Å². The first-order valence-corrected chi connectivity index (χ1v) is 10.1. The van der Waals surface area contributed by atoms with E-state index >= 15 is 0 Å². The normalized spacial score (nSPS) is 14.0. The van der Waals surface area contributed by atoms with Crippen LogP contribution in [0, 0.1) is 0 Å². The van der Waals surface area contributed by atoms with Crippen LogP contribution in [0.15, 0.2) is 42.5 Å². The van der Waals surface area contributed by atoms with Crippen LogP contribution < -0.4 is 4.74 Å². The average Bonchev–Trinajstić information content (AvgIpc) is 3.17. The van der Waals surface area contributed by atoms with E-state index in [1.807, 2.05) is 30.3 Å². The highest BCUT2D eigenvalue weighted by Gasteiger charge is 2.23. The lowest BCUT2D eigenvalue weighted by molar-refractivity contribution is 0.0691. The number of ether oxygens (including phenoxy) is 1. The van der Waals surface area contributed by atoms with Gasteiger partial charge in [-0.05, 0) is 55.2 Å². The zero-order valence-corrected chi connectivity index (χ0v) is 17.5. The lowest BCUT2D eigenvalue weighted by Gasteiger charge is -2.32. The Morgan fingerprint density at radius 1 is 1.17 bits per heavy atom. The van der Waals surface area contributed by atoms with Crippen molar-refractivity contribution in [2.45, 2.75) is 39.4 Å². The number of benzene rings is 2. The number of methoxy groups -OCH3 is 1. The lowest BCUT2D eigenvalue weighted by Crippen LogP contribution is -2.35. The summed E-state index contributed by atoms with van der Waals surface area (Å²) in [4.78, 5) is 14.3. The van der Waals surface area contributed by atoms with Gasteiger partial charge >= 0.3 is 5.97 Å². The number of carbonyl (C=O) groups is 1. The van der Waals surface area contributed by atoms with Crippen molar-refractivity contribution in [1.82, 2.24) is 19.9 Å². The van der Waals surface area contributed by atoms with Gasteiger partial charge in [-0.2, -0.15) is 0 Å². The zero-order chi connectivity index (χ0) is 21.3. The second-order valence-electron chi connectivity index (χ2n) is 7.90. The minimum Gasteiger partial charge on any atom is -0.497 e. The Labute approximate surface area is 175 Å². The van der Waals surface area contributed by atoms with Crippen molar-refractivity contribution in [3.63, 3.8) is 0 Å². The molecule has 0 saturated heterocycles. The van der Waals surface area contributed by atoms with Crippen molar-refractivity contribution in [1.29, 1.82) is 0 Å². The largest absolute Gasteiger partial charge is 0.497 e. The Bertz CT molecular complexity index is 1060. The molecule has 0 spiro atoms. The fourth-order valence-corrected chi connectivity index (χ4v) is 3.92. The van der Waals surface area contributed by atoms with Crippen molar-refractivity contribution in [3.05, 3.63) is 64.8 Å². The number of aromatic nitrogens is 3. The van der Waals surface area contributed by atoms with Gasteiger partial charge < -0.3 is 9.84 Å².